The van der Waals surface area contributed by atoms with E-state index in [0.29, 0.717) is 11.4 Å². The van der Waals surface area contributed by atoms with Gasteiger partial charge in [-0.3, -0.25) is 0 Å². The predicted molar refractivity (Wildman–Crippen MR) is 184 cm³/mol. The van der Waals surface area contributed by atoms with E-state index in [4.69, 9.17) is 0 Å². The van der Waals surface area contributed by atoms with E-state index in [2.05, 4.69) is 6.07 Å². The van der Waals surface area contributed by atoms with Crippen molar-refractivity contribution in [3.63, 3.8) is 0 Å². The molecule has 0 radical (unpaired) electrons. The van der Waals surface area contributed by atoms with Crippen molar-refractivity contribution < 1.29 is 13.2 Å². The van der Waals surface area contributed by atoms with Gasteiger partial charge in [0.15, 0.2) is 0 Å². The monoisotopic (exact) mass is 630 g/mol. The molecule has 0 bridgehead atoms. The molecule has 8 rings (SSSR count). The molecule has 7 heteroatoms. The van der Waals surface area contributed by atoms with Gasteiger partial charge in [-0.2, -0.15) is 23.7 Å². The number of alkyl halides is 3. The molecule has 0 unspecified atom stereocenters. The Kier molecular flexibility index (Phi) is 6.44. The van der Waals surface area contributed by atoms with Crippen LogP contribution in [0.1, 0.15) is 27.8 Å². The minimum atomic E-state index is -4.73. The predicted octanol–water partition coefficient (Wildman–Crippen LogP) is 10.9. The molecule has 0 saturated heterocycles. The zero-order chi connectivity index (χ0) is 33.3. The minimum Gasteiger partial charge on any atom is -0.308 e. The van der Waals surface area contributed by atoms with E-state index < -0.39 is 11.7 Å². The van der Waals surface area contributed by atoms with Gasteiger partial charge in [0, 0.05) is 27.1 Å². The molecule has 0 spiro atoms. The van der Waals surface area contributed by atoms with Crippen LogP contribution in [0.2, 0.25) is 0 Å². The number of nitrogens with zero attached hydrogens (tertiary/aromatic N) is 4. The van der Waals surface area contributed by atoms with Crippen LogP contribution in [0.4, 0.5) is 13.2 Å². The zero-order valence-electron chi connectivity index (χ0n) is 25.9. The molecule has 4 nitrogen and oxygen atoms in total. The summed E-state index contributed by atoms with van der Waals surface area (Å²) in [4.78, 5) is 0. The second kappa shape index (κ2) is 10.6. The molecular formula is C41H25F3N4. The standard InChI is InChI=1S/C41H25F3N4/c1-24-14-16-30-28-9-3-5-12-34(28)47(36(30)18-24)38-20-27(40-26(22-45)8-7-11-33(40)41(42,43)44)21-39(32(38)23-46)48-35-13-6-4-10-29(35)31-17-15-25(2)19-37(31)48/h3-21H,1-2H3. The summed E-state index contributed by atoms with van der Waals surface area (Å²) in [7, 11) is 0. The molecule has 2 aromatic heterocycles. The first-order valence-corrected chi connectivity index (χ1v) is 15.4. The lowest BCUT2D eigenvalue weighted by atomic mass is 9.92. The first-order valence-electron chi connectivity index (χ1n) is 15.4. The summed E-state index contributed by atoms with van der Waals surface area (Å²) < 4.78 is 48.0. The molecule has 2 heterocycles. The molecule has 0 fully saturated rings. The first kappa shape index (κ1) is 29.1. The normalized spacial score (nSPS) is 11.8. The molecular weight excluding hydrogens is 605 g/mol. The fraction of sp³-hybridized carbons (Fsp3) is 0.0732. The number of para-hydroxylation sites is 2. The van der Waals surface area contributed by atoms with Gasteiger partial charge in [0.05, 0.1) is 50.6 Å². The first-order chi connectivity index (χ1) is 23.2. The van der Waals surface area contributed by atoms with E-state index in [1.54, 1.807) is 12.1 Å². The molecule has 6 aromatic carbocycles. The van der Waals surface area contributed by atoms with E-state index in [0.717, 1.165) is 60.8 Å². The molecule has 0 amide bonds. The van der Waals surface area contributed by atoms with E-state index in [1.165, 1.54) is 12.1 Å². The van der Waals surface area contributed by atoms with Crippen molar-refractivity contribution in [2.24, 2.45) is 0 Å². The maximum Gasteiger partial charge on any atom is 0.417 e. The number of nitriles is 2. The topological polar surface area (TPSA) is 57.4 Å². The number of benzene rings is 6. The summed E-state index contributed by atoms with van der Waals surface area (Å²) in [6.45, 7) is 3.96. The molecule has 0 N–H and O–H groups in total. The third-order valence-corrected chi connectivity index (χ3v) is 9.13. The minimum absolute atomic E-state index is 0.109. The van der Waals surface area contributed by atoms with Gasteiger partial charge in [-0.05, 0) is 79.1 Å². The van der Waals surface area contributed by atoms with Gasteiger partial charge in [-0.15, -0.1) is 0 Å². The molecule has 0 aliphatic rings. The van der Waals surface area contributed by atoms with Crippen LogP contribution in [0.15, 0.2) is 115 Å². The number of aryl methyl sites for hydroxylation is 2. The zero-order valence-corrected chi connectivity index (χ0v) is 25.9. The number of aromatic nitrogens is 2. The van der Waals surface area contributed by atoms with Gasteiger partial charge in [-0.25, -0.2) is 0 Å². The highest BCUT2D eigenvalue weighted by molar-refractivity contribution is 6.11. The Morgan fingerprint density at radius 2 is 1.04 bits per heavy atom. The fourth-order valence-corrected chi connectivity index (χ4v) is 7.10. The SMILES string of the molecule is Cc1ccc2c3ccccc3n(-c3cc(-c4c(C#N)cccc4C(F)(F)F)cc(-n4c5ccccc5c5ccc(C)cc54)c3C#N)c2c1. The summed E-state index contributed by atoms with van der Waals surface area (Å²) in [6, 6.07) is 39.1. The Morgan fingerprint density at radius 3 is 1.52 bits per heavy atom. The van der Waals surface area contributed by atoms with Gasteiger partial charge in [0.2, 0.25) is 0 Å². The van der Waals surface area contributed by atoms with E-state index in [-0.39, 0.29) is 22.3 Å². The lowest BCUT2D eigenvalue weighted by Gasteiger charge is -2.20. The van der Waals surface area contributed by atoms with Crippen molar-refractivity contribution in [2.75, 3.05) is 0 Å². The summed E-state index contributed by atoms with van der Waals surface area (Å²) in [5, 5.41) is 25.0. The van der Waals surface area contributed by atoms with E-state index in [9.17, 15) is 23.7 Å². The largest absolute Gasteiger partial charge is 0.417 e. The van der Waals surface area contributed by atoms with Crippen molar-refractivity contribution in [2.45, 2.75) is 20.0 Å². The number of rotatable bonds is 3. The maximum absolute atomic E-state index is 14.7. The highest BCUT2D eigenvalue weighted by Crippen LogP contribution is 2.44. The van der Waals surface area contributed by atoms with Crippen molar-refractivity contribution in [3.8, 4) is 34.6 Å². The van der Waals surface area contributed by atoms with Crippen molar-refractivity contribution in [1.29, 1.82) is 10.5 Å². The second-order valence-electron chi connectivity index (χ2n) is 12.1. The Labute approximate surface area is 273 Å². The Bertz CT molecular complexity index is 2570. The molecule has 0 aliphatic carbocycles. The maximum atomic E-state index is 14.7. The average molecular weight is 631 g/mol. The molecule has 230 valence electrons. The third kappa shape index (κ3) is 4.29. The van der Waals surface area contributed by atoms with Gasteiger partial charge in [0.25, 0.3) is 0 Å². The van der Waals surface area contributed by atoms with Gasteiger partial charge < -0.3 is 9.13 Å². The summed E-state index contributed by atoms with van der Waals surface area (Å²) >= 11 is 0. The fourth-order valence-electron chi connectivity index (χ4n) is 7.10. The van der Waals surface area contributed by atoms with Crippen LogP contribution >= 0.6 is 0 Å². The highest BCUT2D eigenvalue weighted by atomic mass is 19.4. The smallest absolute Gasteiger partial charge is 0.308 e. The lowest BCUT2D eigenvalue weighted by molar-refractivity contribution is -0.137. The third-order valence-electron chi connectivity index (χ3n) is 9.13. The van der Waals surface area contributed by atoms with Crippen LogP contribution < -0.4 is 0 Å². The van der Waals surface area contributed by atoms with Crippen LogP contribution in [0.25, 0.3) is 66.1 Å². The number of hydrogen-bond acceptors (Lipinski definition) is 2. The quantitative estimate of drug-likeness (QED) is 0.195. The van der Waals surface area contributed by atoms with Crippen LogP contribution in [-0.4, -0.2) is 9.13 Å². The number of halogens is 3. The number of fused-ring (bicyclic) bond motifs is 6. The molecule has 48 heavy (non-hydrogen) atoms. The van der Waals surface area contributed by atoms with Gasteiger partial charge >= 0.3 is 6.18 Å². The summed E-state index contributed by atoms with van der Waals surface area (Å²) in [5.74, 6) is 0. The van der Waals surface area contributed by atoms with Crippen molar-refractivity contribution >= 4 is 43.6 Å². The highest BCUT2D eigenvalue weighted by Gasteiger charge is 2.35. The Morgan fingerprint density at radius 1 is 0.542 bits per heavy atom. The lowest BCUT2D eigenvalue weighted by Crippen LogP contribution is -2.10. The Hall–Kier alpha value is -6.31. The molecule has 8 aromatic rings. The summed E-state index contributed by atoms with van der Waals surface area (Å²) in [6.07, 6.45) is -4.73. The van der Waals surface area contributed by atoms with E-state index in [1.807, 2.05) is 114 Å². The van der Waals surface area contributed by atoms with E-state index >= 15 is 0 Å². The second-order valence-corrected chi connectivity index (χ2v) is 12.1. The molecule has 0 saturated carbocycles. The van der Waals surface area contributed by atoms with Crippen LogP contribution in [0.3, 0.4) is 0 Å². The van der Waals surface area contributed by atoms with Crippen LogP contribution in [0, 0.1) is 36.5 Å². The van der Waals surface area contributed by atoms with Crippen molar-refractivity contribution in [1.82, 2.24) is 9.13 Å². The van der Waals surface area contributed by atoms with Crippen LogP contribution in [-0.2, 0) is 6.18 Å². The summed E-state index contributed by atoms with van der Waals surface area (Å²) in [5.41, 5.74) is 5.29. The molecule has 0 aliphatic heterocycles. The van der Waals surface area contributed by atoms with Crippen LogP contribution in [0.5, 0.6) is 0 Å². The van der Waals surface area contributed by atoms with Crippen molar-refractivity contribution in [3.05, 3.63) is 143 Å². The Balaban J connectivity index is 1.62. The van der Waals surface area contributed by atoms with Gasteiger partial charge in [-0.1, -0.05) is 66.7 Å². The number of hydrogen-bond donors (Lipinski definition) is 0. The molecule has 0 atom stereocenters. The van der Waals surface area contributed by atoms with Gasteiger partial charge in [0.1, 0.15) is 11.6 Å². The average Bonchev–Trinajstić information content (AvgIpc) is 3.58.